The Kier molecular flexibility index (Phi) is 6.48. The van der Waals surface area contributed by atoms with E-state index >= 15 is 0 Å². The molecule has 0 rings (SSSR count). The Labute approximate surface area is 78.5 Å². The van der Waals surface area contributed by atoms with Crippen molar-refractivity contribution in [1.29, 1.82) is 0 Å². The minimum absolute atomic E-state index is 0.0534. The maximum atomic E-state index is 11.4. The van der Waals surface area contributed by atoms with Crippen molar-refractivity contribution in [3.05, 3.63) is 0 Å². The molecule has 0 aliphatic heterocycles. The molecule has 5 nitrogen and oxygen atoms in total. The molecule has 0 heterocycles. The van der Waals surface area contributed by atoms with Crippen LogP contribution in [0.15, 0.2) is 0 Å². The van der Waals surface area contributed by atoms with Crippen molar-refractivity contribution in [1.82, 2.24) is 4.90 Å². The largest absolute Gasteiger partial charge is 0.395 e. The van der Waals surface area contributed by atoms with Crippen molar-refractivity contribution < 1.29 is 14.6 Å². The summed E-state index contributed by atoms with van der Waals surface area (Å²) in [4.78, 5) is 12.9. The molecule has 0 unspecified atom stereocenters. The topological polar surface area (TPSA) is 75.8 Å². The normalized spacial score (nSPS) is 12.6. The highest BCUT2D eigenvalue weighted by Crippen LogP contribution is 1.92. The molecule has 0 spiro atoms. The average molecular weight is 190 g/mol. The Hall–Kier alpha value is -0.650. The van der Waals surface area contributed by atoms with Crippen molar-refractivity contribution in [2.24, 2.45) is 5.73 Å². The fourth-order valence-corrected chi connectivity index (χ4v) is 0.942. The van der Waals surface area contributed by atoms with Crippen LogP contribution >= 0.6 is 0 Å². The molecule has 0 radical (unpaired) electrons. The molecule has 3 N–H and O–H groups in total. The van der Waals surface area contributed by atoms with E-state index in [0.29, 0.717) is 19.7 Å². The van der Waals surface area contributed by atoms with Gasteiger partial charge in [0, 0.05) is 20.2 Å². The predicted molar refractivity (Wildman–Crippen MR) is 49.2 cm³/mol. The van der Waals surface area contributed by atoms with Crippen LogP contribution in [0.25, 0.3) is 0 Å². The lowest BCUT2D eigenvalue weighted by Gasteiger charge is -2.22. The molecule has 1 atom stereocenters. The first-order chi connectivity index (χ1) is 6.13. The highest BCUT2D eigenvalue weighted by molar-refractivity contribution is 5.81. The van der Waals surface area contributed by atoms with Gasteiger partial charge in [0.1, 0.15) is 0 Å². The van der Waals surface area contributed by atoms with Crippen LogP contribution in [0.3, 0.4) is 0 Å². The fourth-order valence-electron chi connectivity index (χ4n) is 0.942. The molecule has 13 heavy (non-hydrogen) atoms. The third-order valence-corrected chi connectivity index (χ3v) is 1.64. The number of nitrogens with two attached hydrogens (primary N) is 1. The van der Waals surface area contributed by atoms with E-state index in [1.807, 2.05) is 0 Å². The van der Waals surface area contributed by atoms with Crippen molar-refractivity contribution in [3.63, 3.8) is 0 Å². The number of rotatable bonds is 6. The van der Waals surface area contributed by atoms with E-state index in [9.17, 15) is 4.79 Å². The molecule has 0 aromatic carbocycles. The second-order valence-electron chi connectivity index (χ2n) is 2.83. The number of aliphatic hydroxyl groups is 1. The summed E-state index contributed by atoms with van der Waals surface area (Å²) in [5.41, 5.74) is 5.43. The lowest BCUT2D eigenvalue weighted by atomic mass is 10.3. The van der Waals surface area contributed by atoms with Crippen molar-refractivity contribution in [2.45, 2.75) is 13.0 Å². The van der Waals surface area contributed by atoms with Crippen LogP contribution in [0.4, 0.5) is 0 Å². The maximum Gasteiger partial charge on any atom is 0.239 e. The quantitative estimate of drug-likeness (QED) is 0.551. The van der Waals surface area contributed by atoms with E-state index in [1.165, 1.54) is 4.90 Å². The van der Waals surface area contributed by atoms with E-state index in [-0.39, 0.29) is 12.5 Å². The lowest BCUT2D eigenvalue weighted by Crippen LogP contribution is -2.44. The highest BCUT2D eigenvalue weighted by atomic mass is 16.5. The second kappa shape index (κ2) is 6.82. The van der Waals surface area contributed by atoms with Crippen LogP contribution in [0.2, 0.25) is 0 Å². The first-order valence-electron chi connectivity index (χ1n) is 4.27. The monoisotopic (exact) mass is 190 g/mol. The van der Waals surface area contributed by atoms with Gasteiger partial charge in [-0.1, -0.05) is 0 Å². The van der Waals surface area contributed by atoms with Crippen LogP contribution in [0.1, 0.15) is 6.92 Å². The molecule has 0 aromatic rings. The number of carbonyl (C=O) groups is 1. The number of carbonyl (C=O) groups excluding carboxylic acids is 1. The summed E-state index contributed by atoms with van der Waals surface area (Å²) in [6.45, 7) is 2.81. The first-order valence-corrected chi connectivity index (χ1v) is 4.27. The fraction of sp³-hybridized carbons (Fsp3) is 0.875. The van der Waals surface area contributed by atoms with E-state index in [1.54, 1.807) is 14.0 Å². The van der Waals surface area contributed by atoms with Gasteiger partial charge in [-0.15, -0.1) is 0 Å². The predicted octanol–water partition coefficient (Wildman–Crippen LogP) is -1.20. The standard InChI is InChI=1S/C8H18N2O3/c1-7(9)8(12)10(3-5-11)4-6-13-2/h7,11H,3-6,9H2,1-2H3/t7-/m0/s1. The third-order valence-electron chi connectivity index (χ3n) is 1.64. The van der Waals surface area contributed by atoms with Gasteiger partial charge in [0.25, 0.3) is 0 Å². The summed E-state index contributed by atoms with van der Waals surface area (Å²) in [6.07, 6.45) is 0. The molecule has 0 fully saturated rings. The molecule has 5 heteroatoms. The van der Waals surface area contributed by atoms with Gasteiger partial charge in [0.2, 0.25) is 5.91 Å². The number of methoxy groups -OCH3 is 1. The van der Waals surface area contributed by atoms with Gasteiger partial charge >= 0.3 is 0 Å². The number of hydrogen-bond acceptors (Lipinski definition) is 4. The lowest BCUT2D eigenvalue weighted by molar-refractivity contribution is -0.133. The zero-order chi connectivity index (χ0) is 10.3. The third kappa shape index (κ3) is 4.82. The van der Waals surface area contributed by atoms with Gasteiger partial charge in [-0.05, 0) is 6.92 Å². The Morgan fingerprint density at radius 2 is 2.23 bits per heavy atom. The van der Waals surface area contributed by atoms with Crippen LogP contribution in [-0.2, 0) is 9.53 Å². The Morgan fingerprint density at radius 3 is 2.62 bits per heavy atom. The van der Waals surface area contributed by atoms with Crippen LogP contribution in [0, 0.1) is 0 Å². The Balaban J connectivity index is 3.99. The van der Waals surface area contributed by atoms with Gasteiger partial charge in [-0.3, -0.25) is 4.79 Å². The molecule has 0 aromatic heterocycles. The number of hydrogen-bond donors (Lipinski definition) is 2. The Morgan fingerprint density at radius 1 is 1.62 bits per heavy atom. The van der Waals surface area contributed by atoms with Gasteiger partial charge in [0.05, 0.1) is 19.3 Å². The van der Waals surface area contributed by atoms with Gasteiger partial charge in [0.15, 0.2) is 0 Å². The molecule has 0 bridgehead atoms. The summed E-state index contributed by atoms with van der Waals surface area (Å²) < 4.78 is 4.83. The summed E-state index contributed by atoms with van der Waals surface area (Å²) in [7, 11) is 1.56. The summed E-state index contributed by atoms with van der Waals surface area (Å²) in [5.74, 6) is -0.161. The number of amides is 1. The minimum atomic E-state index is -0.525. The first kappa shape index (κ1) is 12.3. The van der Waals surface area contributed by atoms with E-state index < -0.39 is 6.04 Å². The van der Waals surface area contributed by atoms with Crippen molar-refractivity contribution >= 4 is 5.91 Å². The molecule has 1 amide bonds. The average Bonchev–Trinajstić information content (AvgIpc) is 2.11. The summed E-state index contributed by atoms with van der Waals surface area (Å²) >= 11 is 0. The number of ether oxygens (including phenoxy) is 1. The van der Waals surface area contributed by atoms with Crippen LogP contribution < -0.4 is 5.73 Å². The SMILES string of the molecule is COCCN(CCO)C(=O)[C@H](C)N. The summed E-state index contributed by atoms with van der Waals surface area (Å²) in [5, 5.41) is 8.69. The van der Waals surface area contributed by atoms with Gasteiger partial charge < -0.3 is 20.5 Å². The molecule has 0 saturated carbocycles. The second-order valence-corrected chi connectivity index (χ2v) is 2.83. The van der Waals surface area contributed by atoms with Gasteiger partial charge in [-0.2, -0.15) is 0 Å². The van der Waals surface area contributed by atoms with E-state index in [2.05, 4.69) is 0 Å². The Bertz CT molecular complexity index is 150. The van der Waals surface area contributed by atoms with Crippen LogP contribution in [0.5, 0.6) is 0 Å². The highest BCUT2D eigenvalue weighted by Gasteiger charge is 2.15. The molecular formula is C8H18N2O3. The molecule has 0 aliphatic carbocycles. The smallest absolute Gasteiger partial charge is 0.239 e. The number of nitrogens with zero attached hydrogens (tertiary/aromatic N) is 1. The summed E-state index contributed by atoms with van der Waals surface area (Å²) in [6, 6.07) is -0.525. The molecule has 0 saturated heterocycles. The van der Waals surface area contributed by atoms with Gasteiger partial charge in [-0.25, -0.2) is 0 Å². The molecular weight excluding hydrogens is 172 g/mol. The van der Waals surface area contributed by atoms with Crippen molar-refractivity contribution in [3.8, 4) is 0 Å². The minimum Gasteiger partial charge on any atom is -0.395 e. The maximum absolute atomic E-state index is 11.4. The zero-order valence-electron chi connectivity index (χ0n) is 8.19. The van der Waals surface area contributed by atoms with Crippen molar-refractivity contribution in [2.75, 3.05) is 33.4 Å². The van der Waals surface area contributed by atoms with Crippen LogP contribution in [-0.4, -0.2) is 55.4 Å². The molecule has 0 aliphatic rings. The van der Waals surface area contributed by atoms with E-state index in [4.69, 9.17) is 15.6 Å². The molecule has 78 valence electrons. The number of aliphatic hydroxyl groups excluding tert-OH is 1. The van der Waals surface area contributed by atoms with E-state index in [0.717, 1.165) is 0 Å². The zero-order valence-corrected chi connectivity index (χ0v) is 8.19.